The molecule has 8 heteroatoms. The van der Waals surface area contributed by atoms with Gasteiger partial charge in [0, 0.05) is 30.5 Å². The molecule has 3 rings (SSSR count). The summed E-state index contributed by atoms with van der Waals surface area (Å²) in [5.41, 5.74) is 2.73. The lowest BCUT2D eigenvalue weighted by Gasteiger charge is -2.26. The summed E-state index contributed by atoms with van der Waals surface area (Å²) in [5.74, 6) is -1.48. The van der Waals surface area contributed by atoms with Gasteiger partial charge in [-0.2, -0.15) is 5.26 Å². The molecule has 1 aromatic rings. The molecule has 30 heavy (non-hydrogen) atoms. The zero-order valence-corrected chi connectivity index (χ0v) is 17.7. The van der Waals surface area contributed by atoms with Crippen LogP contribution in [0.1, 0.15) is 62.0 Å². The average molecular weight is 412 g/mol. The fourth-order valence-corrected chi connectivity index (χ4v) is 4.32. The highest BCUT2D eigenvalue weighted by molar-refractivity contribution is 6.02. The van der Waals surface area contributed by atoms with E-state index in [1.807, 2.05) is 26.0 Å². The van der Waals surface area contributed by atoms with Gasteiger partial charge in [-0.15, -0.1) is 0 Å². The van der Waals surface area contributed by atoms with Gasteiger partial charge in [-0.25, -0.2) is 9.59 Å². The number of aromatic nitrogens is 1. The first kappa shape index (κ1) is 21.6. The number of nitrogens with one attached hydrogen (secondary N) is 1. The van der Waals surface area contributed by atoms with Gasteiger partial charge < -0.3 is 14.6 Å². The summed E-state index contributed by atoms with van der Waals surface area (Å²) in [4.78, 5) is 37.5. The van der Waals surface area contributed by atoms with Crippen LogP contribution < -0.4 is 5.32 Å². The number of urea groups is 1. The maximum atomic E-state index is 12.5. The van der Waals surface area contributed by atoms with E-state index in [0.717, 1.165) is 34.7 Å². The average Bonchev–Trinajstić information content (AvgIpc) is 3.28. The molecule has 160 valence electrons. The molecule has 1 saturated heterocycles. The van der Waals surface area contributed by atoms with Crippen LogP contribution in [-0.4, -0.2) is 46.6 Å². The van der Waals surface area contributed by atoms with Gasteiger partial charge in [0.25, 0.3) is 5.91 Å². The Balaban J connectivity index is 1.75. The molecule has 3 amide bonds. The first-order valence-corrected chi connectivity index (χ1v) is 10.4. The molecule has 2 fully saturated rings. The van der Waals surface area contributed by atoms with Crippen molar-refractivity contribution in [3.05, 3.63) is 28.6 Å². The second kappa shape index (κ2) is 9.16. The summed E-state index contributed by atoms with van der Waals surface area (Å²) in [7, 11) is 0. The van der Waals surface area contributed by atoms with Gasteiger partial charge in [-0.3, -0.25) is 9.69 Å². The zero-order chi connectivity index (χ0) is 21.8. The summed E-state index contributed by atoms with van der Waals surface area (Å²) in [6, 6.07) is 3.79. The molecule has 1 atom stereocenters. The van der Waals surface area contributed by atoms with Crippen molar-refractivity contribution in [1.29, 1.82) is 5.26 Å². The van der Waals surface area contributed by atoms with Gasteiger partial charge >= 0.3 is 12.0 Å². The third kappa shape index (κ3) is 4.40. The molecule has 0 unspecified atom stereocenters. The lowest BCUT2D eigenvalue weighted by atomic mass is 9.95. The molecule has 1 aliphatic carbocycles. The molecule has 0 radical (unpaired) electrons. The molecule has 2 aliphatic rings. The van der Waals surface area contributed by atoms with Crippen LogP contribution in [0.5, 0.6) is 0 Å². The summed E-state index contributed by atoms with van der Waals surface area (Å²) in [5, 5.41) is 12.0. The molecule has 0 aromatic carbocycles. The number of imide groups is 1. The van der Waals surface area contributed by atoms with Crippen molar-refractivity contribution in [2.24, 2.45) is 0 Å². The van der Waals surface area contributed by atoms with Crippen molar-refractivity contribution in [3.8, 4) is 6.07 Å². The van der Waals surface area contributed by atoms with Crippen LogP contribution in [0.25, 0.3) is 6.08 Å². The van der Waals surface area contributed by atoms with E-state index in [0.29, 0.717) is 12.6 Å². The Morgan fingerprint density at radius 3 is 2.60 bits per heavy atom. The normalized spacial score (nSPS) is 18.7. The molecular weight excluding hydrogens is 384 g/mol. The third-order valence-corrected chi connectivity index (χ3v) is 5.86. The van der Waals surface area contributed by atoms with Gasteiger partial charge in [-0.1, -0.05) is 19.3 Å². The minimum Gasteiger partial charge on any atom is -0.448 e. The Labute approximate surface area is 176 Å². The number of rotatable bonds is 5. The Morgan fingerprint density at radius 1 is 1.30 bits per heavy atom. The first-order valence-electron chi connectivity index (χ1n) is 10.4. The molecule has 1 aromatic heterocycles. The Bertz CT molecular complexity index is 918. The molecular formula is C22H28N4O4. The van der Waals surface area contributed by atoms with Crippen molar-refractivity contribution in [3.63, 3.8) is 0 Å². The van der Waals surface area contributed by atoms with E-state index in [9.17, 15) is 19.6 Å². The highest BCUT2D eigenvalue weighted by atomic mass is 16.5. The number of hydrogen-bond donors (Lipinski definition) is 1. The maximum Gasteiger partial charge on any atom is 0.349 e. The molecule has 0 bridgehead atoms. The van der Waals surface area contributed by atoms with Crippen LogP contribution in [0.15, 0.2) is 11.6 Å². The Kier molecular flexibility index (Phi) is 6.60. The van der Waals surface area contributed by atoms with Gasteiger partial charge in [-0.05, 0) is 51.3 Å². The number of nitrogens with zero attached hydrogens (tertiary/aromatic N) is 3. The molecule has 1 aliphatic heterocycles. The van der Waals surface area contributed by atoms with Crippen LogP contribution in [-0.2, 0) is 14.3 Å². The highest BCUT2D eigenvalue weighted by Gasteiger charge is 2.32. The van der Waals surface area contributed by atoms with Gasteiger partial charge in [0.2, 0.25) is 0 Å². The van der Waals surface area contributed by atoms with Crippen molar-refractivity contribution in [2.75, 3.05) is 13.1 Å². The molecule has 1 saturated carbocycles. The number of carbonyl (C=O) groups excluding carboxylic acids is 3. The van der Waals surface area contributed by atoms with E-state index in [1.165, 1.54) is 32.3 Å². The van der Waals surface area contributed by atoms with Crippen LogP contribution in [0.2, 0.25) is 0 Å². The van der Waals surface area contributed by atoms with Crippen molar-refractivity contribution >= 4 is 24.0 Å². The van der Waals surface area contributed by atoms with Crippen molar-refractivity contribution in [2.45, 2.75) is 65.0 Å². The van der Waals surface area contributed by atoms with Gasteiger partial charge in [0.1, 0.15) is 11.6 Å². The van der Waals surface area contributed by atoms with E-state index in [4.69, 9.17) is 4.74 Å². The van der Waals surface area contributed by atoms with Crippen molar-refractivity contribution < 1.29 is 19.1 Å². The van der Waals surface area contributed by atoms with Crippen LogP contribution >= 0.6 is 0 Å². The topological polar surface area (TPSA) is 104 Å². The monoisotopic (exact) mass is 412 g/mol. The molecule has 0 spiro atoms. The van der Waals surface area contributed by atoms with E-state index in [1.54, 1.807) is 0 Å². The number of ether oxygens (including phenoxy) is 1. The summed E-state index contributed by atoms with van der Waals surface area (Å²) in [6.07, 6.45) is 6.32. The third-order valence-electron chi connectivity index (χ3n) is 5.86. The maximum absolute atomic E-state index is 12.5. The lowest BCUT2D eigenvalue weighted by Crippen LogP contribution is -2.41. The summed E-state index contributed by atoms with van der Waals surface area (Å²) >= 11 is 0. The Morgan fingerprint density at radius 2 is 2.00 bits per heavy atom. The molecule has 8 nitrogen and oxygen atoms in total. The number of nitriles is 1. The fraction of sp³-hybridized carbons (Fsp3) is 0.545. The van der Waals surface area contributed by atoms with Crippen molar-refractivity contribution in [1.82, 2.24) is 14.8 Å². The minimum absolute atomic E-state index is 0.176. The quantitative estimate of drug-likeness (QED) is 0.455. The first-order chi connectivity index (χ1) is 14.3. The van der Waals surface area contributed by atoms with Crippen LogP contribution in [0.3, 0.4) is 0 Å². The zero-order valence-electron chi connectivity index (χ0n) is 17.7. The van der Waals surface area contributed by atoms with E-state index in [2.05, 4.69) is 9.88 Å². The smallest absolute Gasteiger partial charge is 0.349 e. The number of hydrogen-bond acceptors (Lipinski definition) is 5. The second-order valence-corrected chi connectivity index (χ2v) is 7.93. The molecule has 2 heterocycles. The van der Waals surface area contributed by atoms with Gasteiger partial charge in [0.15, 0.2) is 6.10 Å². The number of amides is 3. The number of aryl methyl sites for hydroxylation is 1. The van der Waals surface area contributed by atoms with E-state index >= 15 is 0 Å². The minimum atomic E-state index is -1.16. The van der Waals surface area contributed by atoms with E-state index < -0.39 is 24.0 Å². The van der Waals surface area contributed by atoms with E-state index in [-0.39, 0.29) is 12.1 Å². The number of carbonyl (C=O) groups is 3. The summed E-state index contributed by atoms with van der Waals surface area (Å²) in [6.45, 7) is 6.02. The standard InChI is InChI=1S/C22H28N4O4/c1-14-11-17(15(2)26(14)19-7-5-4-6-8-19)12-18(13-23)21(28)30-16(3)20(27)25-10-9-24-22(25)29/h11-12,16,19H,4-10H2,1-3H3,(H,24,29)/b18-12+/t16-/m1/s1. The predicted molar refractivity (Wildman–Crippen MR) is 110 cm³/mol. The van der Waals surface area contributed by atoms with Gasteiger partial charge in [0.05, 0.1) is 0 Å². The molecule has 1 N–H and O–H groups in total. The van der Waals surface area contributed by atoms with Crippen LogP contribution in [0, 0.1) is 25.2 Å². The lowest BCUT2D eigenvalue weighted by molar-refractivity contribution is -0.153. The SMILES string of the molecule is Cc1cc(/C=C(\C#N)C(=O)O[C@H](C)C(=O)N2CCNC2=O)c(C)n1C1CCCCC1. The fourth-order valence-electron chi connectivity index (χ4n) is 4.32. The second-order valence-electron chi connectivity index (χ2n) is 7.93. The Hall–Kier alpha value is -3.08. The largest absolute Gasteiger partial charge is 0.448 e. The number of esters is 1. The summed E-state index contributed by atoms with van der Waals surface area (Å²) < 4.78 is 7.48. The predicted octanol–water partition coefficient (Wildman–Crippen LogP) is 3.00. The van der Waals surface area contributed by atoms with Crippen LogP contribution in [0.4, 0.5) is 4.79 Å². The highest BCUT2D eigenvalue weighted by Crippen LogP contribution is 2.32.